The molecular weight excluding hydrogens is 615 g/mol. The van der Waals surface area contributed by atoms with Gasteiger partial charge >= 0.3 is 0 Å². The second-order valence-corrected chi connectivity index (χ2v) is 13.3. The van der Waals surface area contributed by atoms with Crippen LogP contribution in [0.25, 0.3) is 44.5 Å². The molecule has 0 saturated carbocycles. The topological polar surface area (TPSA) is 3.24 Å². The Kier molecular flexibility index (Phi) is 8.08. The van der Waals surface area contributed by atoms with Crippen molar-refractivity contribution in [3.63, 3.8) is 0 Å². The van der Waals surface area contributed by atoms with Crippen molar-refractivity contribution in [3.05, 3.63) is 223 Å². The molecular formula is C50H37N. The Morgan fingerprint density at radius 3 is 1.00 bits per heavy atom. The van der Waals surface area contributed by atoms with Crippen LogP contribution in [0.3, 0.4) is 0 Å². The van der Waals surface area contributed by atoms with Gasteiger partial charge in [0.25, 0.3) is 0 Å². The van der Waals surface area contributed by atoms with Crippen LogP contribution in [0, 0.1) is 0 Å². The van der Waals surface area contributed by atoms with E-state index in [1.54, 1.807) is 0 Å². The summed E-state index contributed by atoms with van der Waals surface area (Å²) in [7, 11) is 0. The Morgan fingerprint density at radius 1 is 0.294 bits per heavy atom. The molecule has 9 rings (SSSR count). The van der Waals surface area contributed by atoms with Crippen molar-refractivity contribution in [3.8, 4) is 44.5 Å². The zero-order valence-electron chi connectivity index (χ0n) is 28.4. The fourth-order valence-electron chi connectivity index (χ4n) is 7.67. The van der Waals surface area contributed by atoms with E-state index in [0.29, 0.717) is 5.92 Å². The number of anilines is 3. The van der Waals surface area contributed by atoms with Crippen molar-refractivity contribution < 1.29 is 0 Å². The molecule has 0 saturated heterocycles. The highest BCUT2D eigenvalue weighted by atomic mass is 15.1. The van der Waals surface area contributed by atoms with Crippen LogP contribution < -0.4 is 4.90 Å². The van der Waals surface area contributed by atoms with Crippen LogP contribution in [0.15, 0.2) is 206 Å². The summed E-state index contributed by atoms with van der Waals surface area (Å²) >= 11 is 0. The monoisotopic (exact) mass is 651 g/mol. The van der Waals surface area contributed by atoms with E-state index in [0.717, 1.165) is 23.5 Å². The minimum absolute atomic E-state index is 0.386. The Hall–Kier alpha value is -6.44. The molecule has 0 atom stereocenters. The molecule has 0 aromatic heterocycles. The molecule has 242 valence electrons. The third-order valence-electron chi connectivity index (χ3n) is 10.3. The van der Waals surface area contributed by atoms with Gasteiger partial charge < -0.3 is 4.90 Å². The standard InChI is InChI=1S/C50H37N/c1-3-11-37(12-4-1)40-23-29-43(30-24-40)51(44-31-25-41(26-32-44)38-13-5-2-6-14-38)45-33-27-42(28-34-45)39-21-19-36(20-22-39)35-50-48-17-9-7-15-46(48)47-16-8-10-18-49(47)50/h1-34,50H,35H2. The van der Waals surface area contributed by atoms with Crippen molar-refractivity contribution >= 4 is 17.1 Å². The van der Waals surface area contributed by atoms with E-state index in [9.17, 15) is 0 Å². The van der Waals surface area contributed by atoms with Crippen LogP contribution in [-0.2, 0) is 6.42 Å². The van der Waals surface area contributed by atoms with Gasteiger partial charge in [-0.1, -0.05) is 170 Å². The Labute approximate surface area is 300 Å². The van der Waals surface area contributed by atoms with Gasteiger partial charge in [-0.15, -0.1) is 0 Å². The first-order chi connectivity index (χ1) is 25.3. The van der Waals surface area contributed by atoms with E-state index >= 15 is 0 Å². The molecule has 0 heterocycles. The zero-order chi connectivity index (χ0) is 34.0. The second-order valence-electron chi connectivity index (χ2n) is 13.3. The first-order valence-corrected chi connectivity index (χ1v) is 17.8. The van der Waals surface area contributed by atoms with Gasteiger partial charge in [-0.25, -0.2) is 0 Å². The van der Waals surface area contributed by atoms with Crippen molar-refractivity contribution in [2.45, 2.75) is 12.3 Å². The van der Waals surface area contributed by atoms with Gasteiger partial charge in [0.15, 0.2) is 0 Å². The SMILES string of the molecule is c1ccc(-c2ccc(N(c3ccc(-c4ccccc4)cc3)c3ccc(-c4ccc(CC5c6ccccc6-c6ccccc65)cc4)cc3)cc2)cc1. The minimum Gasteiger partial charge on any atom is -0.311 e. The van der Waals surface area contributed by atoms with Crippen LogP contribution in [0.2, 0.25) is 0 Å². The van der Waals surface area contributed by atoms with Gasteiger partial charge in [-0.05, 0) is 104 Å². The minimum atomic E-state index is 0.386. The van der Waals surface area contributed by atoms with Crippen molar-refractivity contribution in [1.82, 2.24) is 0 Å². The highest BCUT2D eigenvalue weighted by Gasteiger charge is 2.28. The predicted octanol–water partition coefficient (Wildman–Crippen LogP) is 13.5. The lowest BCUT2D eigenvalue weighted by Gasteiger charge is -2.26. The second kappa shape index (κ2) is 13.5. The summed E-state index contributed by atoms with van der Waals surface area (Å²) in [6, 6.07) is 74.8. The molecule has 0 spiro atoms. The van der Waals surface area contributed by atoms with E-state index < -0.39 is 0 Å². The first kappa shape index (κ1) is 30.6. The number of nitrogens with zero attached hydrogens (tertiary/aromatic N) is 1. The summed E-state index contributed by atoms with van der Waals surface area (Å²) in [6.45, 7) is 0. The molecule has 1 heteroatoms. The average Bonchev–Trinajstić information content (AvgIpc) is 3.53. The fraction of sp³-hybridized carbons (Fsp3) is 0.0400. The van der Waals surface area contributed by atoms with Gasteiger partial charge in [0, 0.05) is 23.0 Å². The third kappa shape index (κ3) is 6.05. The normalized spacial score (nSPS) is 11.9. The molecule has 0 unspecified atom stereocenters. The Balaban J connectivity index is 0.996. The van der Waals surface area contributed by atoms with Gasteiger partial charge in [-0.2, -0.15) is 0 Å². The zero-order valence-corrected chi connectivity index (χ0v) is 28.4. The largest absolute Gasteiger partial charge is 0.311 e. The van der Waals surface area contributed by atoms with Crippen LogP contribution >= 0.6 is 0 Å². The van der Waals surface area contributed by atoms with Crippen molar-refractivity contribution in [1.29, 1.82) is 0 Å². The molecule has 0 bridgehead atoms. The van der Waals surface area contributed by atoms with Crippen LogP contribution in [0.1, 0.15) is 22.6 Å². The van der Waals surface area contributed by atoms with Gasteiger partial charge in [0.05, 0.1) is 0 Å². The summed E-state index contributed by atoms with van der Waals surface area (Å²) in [4.78, 5) is 2.34. The van der Waals surface area contributed by atoms with E-state index in [-0.39, 0.29) is 0 Å². The maximum atomic E-state index is 2.34. The van der Waals surface area contributed by atoms with E-state index in [2.05, 4.69) is 211 Å². The van der Waals surface area contributed by atoms with Crippen LogP contribution in [0.4, 0.5) is 17.1 Å². The summed E-state index contributed by atoms with van der Waals surface area (Å²) in [5, 5.41) is 0. The third-order valence-corrected chi connectivity index (χ3v) is 10.3. The number of benzene rings is 8. The predicted molar refractivity (Wildman–Crippen MR) is 215 cm³/mol. The van der Waals surface area contributed by atoms with Crippen LogP contribution in [0.5, 0.6) is 0 Å². The molecule has 1 nitrogen and oxygen atoms in total. The molecule has 0 fully saturated rings. The fourth-order valence-corrected chi connectivity index (χ4v) is 7.67. The van der Waals surface area contributed by atoms with E-state index in [4.69, 9.17) is 0 Å². The lowest BCUT2D eigenvalue weighted by molar-refractivity contribution is 0.827. The number of fused-ring (bicyclic) bond motifs is 3. The summed E-state index contributed by atoms with van der Waals surface area (Å²) in [5.41, 5.74) is 17.6. The van der Waals surface area contributed by atoms with Gasteiger partial charge in [0.2, 0.25) is 0 Å². The summed E-state index contributed by atoms with van der Waals surface area (Å²) in [5.74, 6) is 0.386. The highest BCUT2D eigenvalue weighted by molar-refractivity contribution is 5.82. The summed E-state index contributed by atoms with van der Waals surface area (Å²) in [6.07, 6.45) is 0.994. The Morgan fingerprint density at radius 2 is 0.608 bits per heavy atom. The average molecular weight is 652 g/mol. The molecule has 0 N–H and O–H groups in total. The van der Waals surface area contributed by atoms with Crippen LogP contribution in [-0.4, -0.2) is 0 Å². The smallest absolute Gasteiger partial charge is 0.0462 e. The van der Waals surface area contributed by atoms with E-state index in [1.807, 2.05) is 0 Å². The maximum absolute atomic E-state index is 2.34. The maximum Gasteiger partial charge on any atom is 0.0462 e. The molecule has 0 aliphatic heterocycles. The molecule has 0 amide bonds. The first-order valence-electron chi connectivity index (χ1n) is 17.8. The van der Waals surface area contributed by atoms with Gasteiger partial charge in [-0.3, -0.25) is 0 Å². The number of hydrogen-bond acceptors (Lipinski definition) is 1. The van der Waals surface area contributed by atoms with Crippen molar-refractivity contribution in [2.75, 3.05) is 4.90 Å². The Bertz CT molecular complexity index is 2260. The highest BCUT2D eigenvalue weighted by Crippen LogP contribution is 2.46. The van der Waals surface area contributed by atoms with Crippen molar-refractivity contribution in [2.24, 2.45) is 0 Å². The molecule has 51 heavy (non-hydrogen) atoms. The molecule has 8 aromatic carbocycles. The lowest BCUT2D eigenvalue weighted by Crippen LogP contribution is -2.09. The lowest BCUT2D eigenvalue weighted by atomic mass is 9.89. The quantitative estimate of drug-likeness (QED) is 0.158. The molecule has 8 aromatic rings. The molecule has 0 radical (unpaired) electrons. The number of hydrogen-bond donors (Lipinski definition) is 0. The van der Waals surface area contributed by atoms with Gasteiger partial charge in [0.1, 0.15) is 0 Å². The van der Waals surface area contributed by atoms with E-state index in [1.165, 1.54) is 61.2 Å². The number of rotatable bonds is 8. The molecule has 1 aliphatic rings. The molecule has 1 aliphatic carbocycles. The summed E-state index contributed by atoms with van der Waals surface area (Å²) < 4.78 is 0.